The smallest absolute Gasteiger partial charge is 0.0704 e. The molecule has 0 bridgehead atoms. The van der Waals surface area contributed by atoms with E-state index < -0.39 is 0 Å². The number of hydrogen-bond donors (Lipinski definition) is 1. The molecule has 92 valence electrons. The third-order valence-electron chi connectivity index (χ3n) is 2.65. The maximum atomic E-state index is 3.66. The van der Waals surface area contributed by atoms with Crippen LogP contribution in [0.15, 0.2) is 9.85 Å². The van der Waals surface area contributed by atoms with Gasteiger partial charge in [0.05, 0.1) is 3.79 Å². The first kappa shape index (κ1) is 14.2. The fourth-order valence-electron chi connectivity index (χ4n) is 1.91. The van der Waals surface area contributed by atoms with Crippen LogP contribution in [0.3, 0.4) is 0 Å². The number of thiophene rings is 1. The van der Waals surface area contributed by atoms with E-state index in [1.807, 2.05) is 11.3 Å². The van der Waals surface area contributed by atoms with Crippen molar-refractivity contribution in [1.82, 2.24) is 5.32 Å². The molecule has 0 aromatic carbocycles. The van der Waals surface area contributed by atoms with Crippen molar-refractivity contribution in [3.05, 3.63) is 20.3 Å². The molecule has 1 unspecified atom stereocenters. The molecule has 0 aliphatic heterocycles. The van der Waals surface area contributed by atoms with Crippen molar-refractivity contribution < 1.29 is 0 Å². The normalized spacial score (nSPS) is 13.4. The molecule has 0 fully saturated rings. The van der Waals surface area contributed by atoms with Crippen LogP contribution in [0.2, 0.25) is 0 Å². The predicted octanol–water partition coefficient (Wildman–Crippen LogP) is 4.91. The van der Waals surface area contributed by atoms with Crippen molar-refractivity contribution in [2.45, 2.75) is 46.6 Å². The Labute approximate surface area is 112 Å². The fourth-order valence-corrected chi connectivity index (χ4v) is 3.69. The Kier molecular flexibility index (Phi) is 6.01. The Balaban J connectivity index is 2.78. The van der Waals surface area contributed by atoms with Crippen LogP contribution in [0.5, 0.6) is 0 Å². The third kappa shape index (κ3) is 4.19. The fraction of sp³-hybridized carbons (Fsp3) is 0.692. The number of rotatable bonds is 6. The molecule has 0 aliphatic carbocycles. The van der Waals surface area contributed by atoms with E-state index in [1.54, 1.807) is 0 Å². The summed E-state index contributed by atoms with van der Waals surface area (Å²) in [5.74, 6) is 0.729. The van der Waals surface area contributed by atoms with Gasteiger partial charge in [-0.3, -0.25) is 0 Å². The van der Waals surface area contributed by atoms with Crippen LogP contribution in [0.1, 0.15) is 50.1 Å². The van der Waals surface area contributed by atoms with Gasteiger partial charge in [-0.2, -0.15) is 0 Å². The highest BCUT2D eigenvalue weighted by atomic mass is 79.9. The summed E-state index contributed by atoms with van der Waals surface area (Å²) in [7, 11) is 0. The number of halogens is 1. The van der Waals surface area contributed by atoms with Crippen molar-refractivity contribution in [1.29, 1.82) is 0 Å². The Morgan fingerprint density at radius 2 is 2.12 bits per heavy atom. The molecular weight excluding hydrogens is 282 g/mol. The summed E-state index contributed by atoms with van der Waals surface area (Å²) in [6, 6.07) is 2.79. The van der Waals surface area contributed by atoms with Crippen LogP contribution in [0.4, 0.5) is 0 Å². The summed E-state index contributed by atoms with van der Waals surface area (Å²) in [6.45, 7) is 10.1. The zero-order valence-corrected chi connectivity index (χ0v) is 13.0. The van der Waals surface area contributed by atoms with Crippen LogP contribution >= 0.6 is 27.3 Å². The number of nitrogens with one attached hydrogen (secondary N) is 1. The molecule has 0 aliphatic rings. The summed E-state index contributed by atoms with van der Waals surface area (Å²) >= 11 is 5.41. The molecule has 1 atom stereocenters. The van der Waals surface area contributed by atoms with Gasteiger partial charge in [0.1, 0.15) is 0 Å². The van der Waals surface area contributed by atoms with Crippen LogP contribution in [0, 0.1) is 12.8 Å². The third-order valence-corrected chi connectivity index (χ3v) is 4.22. The number of aryl methyl sites for hydroxylation is 1. The monoisotopic (exact) mass is 303 g/mol. The standard InChI is InChI=1S/C13H22BrNS/c1-5-6-15-12(7-9(2)3)11-8-13(14)16-10(11)4/h8-9,12,15H,5-7H2,1-4H3. The average molecular weight is 304 g/mol. The number of hydrogen-bond acceptors (Lipinski definition) is 2. The molecule has 1 aromatic rings. The second-order valence-electron chi connectivity index (χ2n) is 4.70. The molecule has 1 N–H and O–H groups in total. The second-order valence-corrected chi connectivity index (χ2v) is 7.33. The lowest BCUT2D eigenvalue weighted by molar-refractivity contribution is 0.430. The molecule has 0 saturated carbocycles. The lowest BCUT2D eigenvalue weighted by atomic mass is 9.97. The summed E-state index contributed by atoms with van der Waals surface area (Å²) in [5.41, 5.74) is 1.47. The van der Waals surface area contributed by atoms with Gasteiger partial charge in [-0.15, -0.1) is 11.3 Å². The Bertz CT molecular complexity index is 320. The first-order chi connectivity index (χ1) is 7.54. The van der Waals surface area contributed by atoms with E-state index in [-0.39, 0.29) is 0 Å². The Morgan fingerprint density at radius 3 is 2.56 bits per heavy atom. The van der Waals surface area contributed by atoms with E-state index in [1.165, 1.54) is 27.1 Å². The summed E-state index contributed by atoms with van der Waals surface area (Å²) in [5, 5.41) is 3.66. The van der Waals surface area contributed by atoms with E-state index in [0.717, 1.165) is 12.5 Å². The molecule has 1 nitrogen and oxygen atoms in total. The Hall–Kier alpha value is 0.140. The van der Waals surface area contributed by atoms with Gasteiger partial charge in [0.2, 0.25) is 0 Å². The minimum Gasteiger partial charge on any atom is -0.310 e. The van der Waals surface area contributed by atoms with Crippen molar-refractivity contribution >= 4 is 27.3 Å². The van der Waals surface area contributed by atoms with E-state index in [2.05, 4.69) is 55.0 Å². The van der Waals surface area contributed by atoms with E-state index in [0.29, 0.717) is 6.04 Å². The largest absolute Gasteiger partial charge is 0.310 e. The molecule has 1 aromatic heterocycles. The van der Waals surface area contributed by atoms with Gasteiger partial charge < -0.3 is 5.32 Å². The minimum absolute atomic E-state index is 0.516. The SMILES string of the molecule is CCCNC(CC(C)C)c1cc(Br)sc1C. The highest BCUT2D eigenvalue weighted by Crippen LogP contribution is 2.33. The van der Waals surface area contributed by atoms with Crippen molar-refractivity contribution in [3.8, 4) is 0 Å². The Morgan fingerprint density at radius 1 is 1.44 bits per heavy atom. The lowest BCUT2D eigenvalue weighted by Gasteiger charge is -2.20. The van der Waals surface area contributed by atoms with Crippen LogP contribution < -0.4 is 5.32 Å². The van der Waals surface area contributed by atoms with Crippen LogP contribution in [-0.4, -0.2) is 6.54 Å². The van der Waals surface area contributed by atoms with Gasteiger partial charge >= 0.3 is 0 Å². The lowest BCUT2D eigenvalue weighted by Crippen LogP contribution is -2.23. The average Bonchev–Trinajstić information content (AvgIpc) is 2.52. The first-order valence-electron chi connectivity index (χ1n) is 6.03. The molecule has 0 spiro atoms. The van der Waals surface area contributed by atoms with E-state index >= 15 is 0 Å². The minimum atomic E-state index is 0.516. The molecule has 0 saturated heterocycles. The van der Waals surface area contributed by atoms with Crippen molar-refractivity contribution in [2.24, 2.45) is 5.92 Å². The summed E-state index contributed by atoms with van der Waals surface area (Å²) in [4.78, 5) is 1.43. The molecule has 0 amide bonds. The molecule has 16 heavy (non-hydrogen) atoms. The van der Waals surface area contributed by atoms with Gasteiger partial charge in [0.15, 0.2) is 0 Å². The van der Waals surface area contributed by atoms with Gasteiger partial charge in [0.25, 0.3) is 0 Å². The molecule has 0 radical (unpaired) electrons. The van der Waals surface area contributed by atoms with E-state index in [4.69, 9.17) is 0 Å². The molecule has 1 heterocycles. The molecular formula is C13H22BrNS. The molecule has 3 heteroatoms. The first-order valence-corrected chi connectivity index (χ1v) is 7.64. The van der Waals surface area contributed by atoms with Gasteiger partial charge in [-0.1, -0.05) is 20.8 Å². The quantitative estimate of drug-likeness (QED) is 0.787. The highest BCUT2D eigenvalue weighted by Gasteiger charge is 2.16. The maximum absolute atomic E-state index is 3.66. The summed E-state index contributed by atoms with van der Waals surface area (Å²) in [6.07, 6.45) is 2.41. The van der Waals surface area contributed by atoms with Crippen LogP contribution in [-0.2, 0) is 0 Å². The van der Waals surface area contributed by atoms with Crippen molar-refractivity contribution in [3.63, 3.8) is 0 Å². The maximum Gasteiger partial charge on any atom is 0.0704 e. The zero-order valence-electron chi connectivity index (χ0n) is 10.6. The van der Waals surface area contributed by atoms with Crippen molar-refractivity contribution in [2.75, 3.05) is 6.54 Å². The van der Waals surface area contributed by atoms with Gasteiger partial charge in [0, 0.05) is 10.9 Å². The van der Waals surface area contributed by atoms with E-state index in [9.17, 15) is 0 Å². The van der Waals surface area contributed by atoms with Gasteiger partial charge in [-0.05, 0) is 59.8 Å². The predicted molar refractivity (Wildman–Crippen MR) is 77.2 cm³/mol. The molecule has 1 rings (SSSR count). The highest BCUT2D eigenvalue weighted by molar-refractivity contribution is 9.11. The van der Waals surface area contributed by atoms with Gasteiger partial charge in [-0.25, -0.2) is 0 Å². The summed E-state index contributed by atoms with van der Waals surface area (Å²) < 4.78 is 1.24. The second kappa shape index (κ2) is 6.77. The topological polar surface area (TPSA) is 12.0 Å². The zero-order chi connectivity index (χ0) is 12.1. The van der Waals surface area contributed by atoms with Crippen LogP contribution in [0.25, 0.3) is 0 Å².